The highest BCUT2D eigenvalue weighted by molar-refractivity contribution is 7.78. The largest absolute Gasteiger partial charge is 0.494 e. The molecule has 2 atom stereocenters. The second kappa shape index (κ2) is 7.62. The van der Waals surface area contributed by atoms with E-state index in [-0.39, 0.29) is 23.3 Å². The van der Waals surface area contributed by atoms with Gasteiger partial charge in [-0.05, 0) is 42.4 Å². The van der Waals surface area contributed by atoms with Gasteiger partial charge in [-0.3, -0.25) is 4.98 Å². The number of aromatic nitrogens is 1. The molecule has 0 amide bonds. The molecule has 136 valence electrons. The first kappa shape index (κ1) is 18.6. The number of thiocarbonyl (C=S) groups is 1. The van der Waals surface area contributed by atoms with Gasteiger partial charge in [0.25, 0.3) is 0 Å². The van der Waals surface area contributed by atoms with Crippen LogP contribution in [0.25, 0.3) is 11.1 Å². The highest BCUT2D eigenvalue weighted by atomic mass is 32.1. The lowest BCUT2D eigenvalue weighted by molar-refractivity contribution is -0.115. The highest BCUT2D eigenvalue weighted by Gasteiger charge is 2.49. The van der Waals surface area contributed by atoms with E-state index in [4.69, 9.17) is 9.47 Å². The zero-order valence-electron chi connectivity index (χ0n) is 15.0. The first-order valence-electron chi connectivity index (χ1n) is 8.43. The Balaban J connectivity index is 1.62. The molecule has 1 fully saturated rings. The predicted molar refractivity (Wildman–Crippen MR) is 102 cm³/mol. The molecular weight excluding hydrogens is 351 g/mol. The van der Waals surface area contributed by atoms with Gasteiger partial charge < -0.3 is 9.47 Å². The van der Waals surface area contributed by atoms with Gasteiger partial charge in [-0.1, -0.05) is 26.0 Å². The summed E-state index contributed by atoms with van der Waals surface area (Å²) in [6.45, 7) is 4.67. The smallest absolute Gasteiger partial charge is 0.165 e. The van der Waals surface area contributed by atoms with Crippen molar-refractivity contribution in [3.05, 3.63) is 48.0 Å². The molecule has 6 heteroatoms. The van der Waals surface area contributed by atoms with Crippen LogP contribution < -0.4 is 4.74 Å². The summed E-state index contributed by atoms with van der Waals surface area (Å²) in [5.41, 5.74) is 2.38. The Morgan fingerprint density at radius 1 is 1.31 bits per heavy atom. The maximum atomic E-state index is 13.8. The van der Waals surface area contributed by atoms with Crippen molar-refractivity contribution >= 4 is 17.4 Å². The van der Waals surface area contributed by atoms with Gasteiger partial charge in [-0.2, -0.15) is 0 Å². The average molecular weight is 372 g/mol. The Labute approximate surface area is 158 Å². The minimum atomic E-state index is -0.391. The number of aliphatic imine (C=N–C) groups is 1. The Kier molecular flexibility index (Phi) is 5.47. The minimum Gasteiger partial charge on any atom is -0.494 e. The molecule has 1 saturated carbocycles. The third-order valence-corrected chi connectivity index (χ3v) is 5.18. The van der Waals surface area contributed by atoms with Crippen molar-refractivity contribution in [2.24, 2.45) is 10.4 Å². The van der Waals surface area contributed by atoms with Crippen LogP contribution >= 0.6 is 12.2 Å². The molecule has 1 aliphatic carbocycles. The van der Waals surface area contributed by atoms with Gasteiger partial charge in [0.1, 0.15) is 0 Å². The van der Waals surface area contributed by atoms with Crippen LogP contribution in [0.4, 0.5) is 4.39 Å². The zero-order chi connectivity index (χ0) is 18.7. The van der Waals surface area contributed by atoms with Crippen LogP contribution in [0.1, 0.15) is 26.0 Å². The van der Waals surface area contributed by atoms with E-state index in [1.165, 1.54) is 13.2 Å². The lowest BCUT2D eigenvalue weighted by Gasteiger charge is -2.48. The molecule has 1 heterocycles. The molecule has 2 aromatic rings. The van der Waals surface area contributed by atoms with Crippen LogP contribution in [0.5, 0.6) is 5.75 Å². The van der Waals surface area contributed by atoms with Crippen molar-refractivity contribution in [3.8, 4) is 16.9 Å². The van der Waals surface area contributed by atoms with Crippen LogP contribution in [-0.2, 0) is 11.3 Å². The van der Waals surface area contributed by atoms with E-state index in [9.17, 15) is 4.39 Å². The van der Waals surface area contributed by atoms with E-state index in [1.54, 1.807) is 12.3 Å². The number of rotatable bonds is 6. The van der Waals surface area contributed by atoms with Crippen molar-refractivity contribution in [3.63, 3.8) is 0 Å². The third-order valence-electron chi connectivity index (χ3n) is 5.08. The van der Waals surface area contributed by atoms with Gasteiger partial charge in [-0.25, -0.2) is 9.38 Å². The molecule has 0 saturated heterocycles. The molecule has 0 spiro atoms. The molecule has 1 aliphatic rings. The normalized spacial score (nSPS) is 20.8. The maximum Gasteiger partial charge on any atom is 0.165 e. The van der Waals surface area contributed by atoms with Crippen LogP contribution in [0.2, 0.25) is 0 Å². The second-order valence-corrected chi connectivity index (χ2v) is 7.16. The highest BCUT2D eigenvalue weighted by Crippen LogP contribution is 2.45. The number of nitrogens with zero attached hydrogens (tertiary/aromatic N) is 2. The summed E-state index contributed by atoms with van der Waals surface area (Å²) in [6, 6.07) is 8.85. The van der Waals surface area contributed by atoms with Crippen molar-refractivity contribution < 1.29 is 13.9 Å². The molecule has 0 bridgehead atoms. The summed E-state index contributed by atoms with van der Waals surface area (Å²) in [5.74, 6) is -0.163. The van der Waals surface area contributed by atoms with Gasteiger partial charge in [0.05, 0.1) is 36.7 Å². The van der Waals surface area contributed by atoms with Crippen LogP contribution in [0.3, 0.4) is 0 Å². The number of benzene rings is 1. The number of hydrogen-bond donors (Lipinski definition) is 0. The first-order chi connectivity index (χ1) is 12.5. The minimum absolute atomic E-state index is 0.0492. The standard InChI is InChI=1S/C20H21FN2O2S/c1-20(2)18(23-12-26)9-19(20)25-11-15-6-4-14(10-22-15)13-5-7-17(24-3)16(21)8-13/h4-8,10,18-19H,9,11H2,1-3H3/t18-,19+/m1/s1. The molecule has 0 N–H and O–H groups in total. The quantitative estimate of drug-likeness (QED) is 0.545. The van der Waals surface area contributed by atoms with Crippen molar-refractivity contribution in [1.82, 2.24) is 4.98 Å². The SMILES string of the molecule is COc1ccc(-c2ccc(CO[C@H]3C[C@@H](N=C=S)C3(C)C)nc2)cc1F. The summed E-state index contributed by atoms with van der Waals surface area (Å²) >= 11 is 4.69. The fourth-order valence-corrected chi connectivity index (χ4v) is 3.27. The molecule has 0 radical (unpaired) electrons. The molecule has 0 unspecified atom stereocenters. The third kappa shape index (κ3) is 3.68. The molecule has 26 heavy (non-hydrogen) atoms. The van der Waals surface area contributed by atoms with E-state index < -0.39 is 5.82 Å². The molecular formula is C20H21FN2O2S. The number of methoxy groups -OCH3 is 1. The second-order valence-electron chi connectivity index (χ2n) is 6.98. The monoisotopic (exact) mass is 372 g/mol. The summed E-state index contributed by atoms with van der Waals surface area (Å²) < 4.78 is 24.8. The number of ether oxygens (including phenoxy) is 2. The van der Waals surface area contributed by atoms with Crippen LogP contribution in [0.15, 0.2) is 41.5 Å². The summed E-state index contributed by atoms with van der Waals surface area (Å²) in [6.07, 6.45) is 2.70. The molecule has 4 nitrogen and oxygen atoms in total. The van der Waals surface area contributed by atoms with E-state index in [2.05, 4.69) is 41.2 Å². The Morgan fingerprint density at radius 2 is 2.08 bits per heavy atom. The van der Waals surface area contributed by atoms with Crippen LogP contribution in [-0.4, -0.2) is 29.4 Å². The molecule has 1 aromatic heterocycles. The van der Waals surface area contributed by atoms with Crippen molar-refractivity contribution in [2.75, 3.05) is 7.11 Å². The number of hydrogen-bond acceptors (Lipinski definition) is 5. The van der Waals surface area contributed by atoms with Gasteiger partial charge in [0.15, 0.2) is 11.6 Å². The molecule has 0 aliphatic heterocycles. The fourth-order valence-electron chi connectivity index (χ4n) is 3.14. The lowest BCUT2D eigenvalue weighted by atomic mass is 9.65. The van der Waals surface area contributed by atoms with Gasteiger partial charge in [0.2, 0.25) is 0 Å². The van der Waals surface area contributed by atoms with Gasteiger partial charge >= 0.3 is 0 Å². The van der Waals surface area contributed by atoms with E-state index in [1.807, 2.05) is 18.2 Å². The van der Waals surface area contributed by atoms with E-state index in [0.717, 1.165) is 23.2 Å². The van der Waals surface area contributed by atoms with Crippen molar-refractivity contribution in [2.45, 2.75) is 39.0 Å². The Morgan fingerprint density at radius 3 is 2.65 bits per heavy atom. The van der Waals surface area contributed by atoms with Crippen LogP contribution in [0, 0.1) is 11.2 Å². The van der Waals surface area contributed by atoms with Crippen molar-refractivity contribution in [1.29, 1.82) is 0 Å². The first-order valence-corrected chi connectivity index (χ1v) is 8.84. The average Bonchev–Trinajstić information content (AvgIpc) is 2.64. The Hall–Kier alpha value is -2.14. The summed E-state index contributed by atoms with van der Waals surface area (Å²) in [7, 11) is 1.45. The zero-order valence-corrected chi connectivity index (χ0v) is 15.8. The number of pyridine rings is 1. The van der Waals surface area contributed by atoms with Gasteiger partial charge in [-0.15, -0.1) is 0 Å². The van der Waals surface area contributed by atoms with E-state index in [0.29, 0.717) is 6.61 Å². The Bertz CT molecular complexity index is 832. The summed E-state index contributed by atoms with van der Waals surface area (Å²) in [5, 5.41) is 2.46. The lowest BCUT2D eigenvalue weighted by Crippen LogP contribution is -2.53. The van der Waals surface area contributed by atoms with Gasteiger partial charge in [0, 0.05) is 17.2 Å². The number of halogens is 1. The molecule has 3 rings (SSSR count). The fraction of sp³-hybridized carbons (Fsp3) is 0.400. The molecule has 1 aromatic carbocycles. The topological polar surface area (TPSA) is 43.7 Å². The summed E-state index contributed by atoms with van der Waals surface area (Å²) in [4.78, 5) is 8.61. The number of isothiocyanates is 1. The maximum absolute atomic E-state index is 13.8. The predicted octanol–water partition coefficient (Wildman–Crippen LogP) is 4.68. The van der Waals surface area contributed by atoms with E-state index >= 15 is 0 Å².